The fourth-order valence-electron chi connectivity index (χ4n) is 4.53. The summed E-state index contributed by atoms with van der Waals surface area (Å²) in [6.07, 6.45) is 1.42. The Hall–Kier alpha value is -2.87. The van der Waals surface area contributed by atoms with Gasteiger partial charge in [-0.1, -0.05) is 60.1 Å². The number of carbonyl (C=O) groups excluding carboxylic acids is 1. The molecule has 0 amide bonds. The summed E-state index contributed by atoms with van der Waals surface area (Å²) in [5.41, 5.74) is 2.81. The highest BCUT2D eigenvalue weighted by Gasteiger charge is 2.29. The number of benzene rings is 3. The van der Waals surface area contributed by atoms with Gasteiger partial charge < -0.3 is 9.64 Å². The summed E-state index contributed by atoms with van der Waals surface area (Å²) < 4.78 is 34.2. The van der Waals surface area contributed by atoms with E-state index in [4.69, 9.17) is 16.3 Å². The summed E-state index contributed by atoms with van der Waals surface area (Å²) in [4.78, 5) is 14.6. The molecule has 36 heavy (non-hydrogen) atoms. The molecule has 8 heteroatoms. The lowest BCUT2D eigenvalue weighted by Gasteiger charge is -2.34. The molecular formula is C28H31ClN2O4S. The summed E-state index contributed by atoms with van der Waals surface area (Å²) in [7, 11) is -3.79. The molecule has 0 atom stereocenters. The van der Waals surface area contributed by atoms with E-state index in [-0.39, 0.29) is 29.9 Å². The third-order valence-electron chi connectivity index (χ3n) is 6.45. The molecule has 6 nitrogen and oxygen atoms in total. The van der Waals surface area contributed by atoms with E-state index in [2.05, 4.69) is 4.90 Å². The molecule has 0 saturated carbocycles. The Kier molecular flexibility index (Phi) is 8.67. The van der Waals surface area contributed by atoms with Crippen molar-refractivity contribution in [2.75, 3.05) is 24.6 Å². The summed E-state index contributed by atoms with van der Waals surface area (Å²) in [5.74, 6) is -0.221. The second-order valence-corrected chi connectivity index (χ2v) is 11.2. The molecule has 1 heterocycles. The summed E-state index contributed by atoms with van der Waals surface area (Å²) in [5, 5.41) is 0.486. The predicted molar refractivity (Wildman–Crippen MR) is 142 cm³/mol. The highest BCUT2D eigenvalue weighted by molar-refractivity contribution is 7.89. The number of hydrogen-bond donors (Lipinski definition) is 0. The lowest BCUT2D eigenvalue weighted by atomic mass is 9.96. The number of carbonyl (C=O) groups is 1. The Labute approximate surface area is 218 Å². The van der Waals surface area contributed by atoms with Crippen molar-refractivity contribution in [2.45, 2.75) is 37.8 Å². The van der Waals surface area contributed by atoms with Crippen LogP contribution in [0.25, 0.3) is 0 Å². The van der Waals surface area contributed by atoms with Gasteiger partial charge in [0.05, 0.1) is 17.4 Å². The number of halogens is 1. The van der Waals surface area contributed by atoms with Crippen LogP contribution >= 0.6 is 11.6 Å². The first-order chi connectivity index (χ1) is 17.4. The maximum Gasteiger partial charge on any atom is 0.309 e. The monoisotopic (exact) mass is 526 g/mol. The van der Waals surface area contributed by atoms with Gasteiger partial charge in [-0.05, 0) is 61.2 Å². The van der Waals surface area contributed by atoms with Gasteiger partial charge in [-0.15, -0.1) is 0 Å². The number of anilines is 1. The average Bonchev–Trinajstić information content (AvgIpc) is 2.90. The number of sulfonamides is 1. The number of para-hydroxylation sites is 1. The quantitative estimate of drug-likeness (QED) is 0.344. The second kappa shape index (κ2) is 11.9. The molecule has 0 aromatic heterocycles. The number of rotatable bonds is 9. The minimum atomic E-state index is -3.79. The number of hydrogen-bond acceptors (Lipinski definition) is 5. The summed E-state index contributed by atoms with van der Waals surface area (Å²) >= 11 is 6.01. The van der Waals surface area contributed by atoms with Crippen molar-refractivity contribution >= 4 is 33.3 Å². The third-order valence-corrected chi connectivity index (χ3v) is 8.50. The zero-order chi connectivity index (χ0) is 25.5. The normalized spacial score (nSPS) is 14.7. The lowest BCUT2D eigenvalue weighted by molar-refractivity contribution is -0.148. The van der Waals surface area contributed by atoms with Crippen LogP contribution in [0.4, 0.5) is 5.69 Å². The summed E-state index contributed by atoms with van der Waals surface area (Å²) in [6, 6.07) is 23.7. The molecule has 3 aromatic carbocycles. The second-order valence-electron chi connectivity index (χ2n) is 8.85. The van der Waals surface area contributed by atoms with Crippen molar-refractivity contribution in [2.24, 2.45) is 5.92 Å². The standard InChI is InChI=1S/C28H31ClN2O4S/c1-2-35-28(32)23-16-18-30(19-17-23)27-11-7-6-10-24(27)21-31(20-22-8-4-3-5-9-22)36(33,34)26-14-12-25(29)13-15-26/h3-15,23H,2,16-21H2,1H3. The van der Waals surface area contributed by atoms with Gasteiger partial charge in [-0.3, -0.25) is 4.79 Å². The van der Waals surface area contributed by atoms with E-state index in [1.165, 1.54) is 4.31 Å². The van der Waals surface area contributed by atoms with Crippen LogP contribution in [-0.2, 0) is 32.6 Å². The minimum absolute atomic E-state index is 0.0896. The average molecular weight is 527 g/mol. The van der Waals surface area contributed by atoms with Crippen molar-refractivity contribution in [3.05, 3.63) is 95.0 Å². The molecule has 1 aliphatic rings. The zero-order valence-electron chi connectivity index (χ0n) is 20.3. The van der Waals surface area contributed by atoms with Gasteiger partial charge in [-0.25, -0.2) is 8.42 Å². The van der Waals surface area contributed by atoms with Crippen LogP contribution in [0.5, 0.6) is 0 Å². The maximum absolute atomic E-state index is 13.7. The van der Waals surface area contributed by atoms with Crippen molar-refractivity contribution < 1.29 is 17.9 Å². The van der Waals surface area contributed by atoms with Crippen molar-refractivity contribution in [1.29, 1.82) is 0 Å². The van der Waals surface area contributed by atoms with Gasteiger partial charge in [-0.2, -0.15) is 4.31 Å². The molecule has 0 aliphatic carbocycles. The molecule has 1 saturated heterocycles. The molecule has 0 unspecified atom stereocenters. The van der Waals surface area contributed by atoms with E-state index in [1.54, 1.807) is 24.3 Å². The highest BCUT2D eigenvalue weighted by Crippen LogP contribution is 2.30. The minimum Gasteiger partial charge on any atom is -0.466 e. The summed E-state index contributed by atoms with van der Waals surface area (Å²) in [6.45, 7) is 4.09. The van der Waals surface area contributed by atoms with Crippen LogP contribution in [0, 0.1) is 5.92 Å². The fourth-order valence-corrected chi connectivity index (χ4v) is 6.06. The van der Waals surface area contributed by atoms with Gasteiger partial charge in [0, 0.05) is 36.9 Å². The molecule has 3 aromatic rings. The molecule has 0 spiro atoms. The van der Waals surface area contributed by atoms with Gasteiger partial charge in [0.25, 0.3) is 0 Å². The van der Waals surface area contributed by atoms with E-state index in [0.717, 1.165) is 16.8 Å². The topological polar surface area (TPSA) is 66.9 Å². The van der Waals surface area contributed by atoms with Crippen LogP contribution in [0.1, 0.15) is 30.9 Å². The largest absolute Gasteiger partial charge is 0.466 e. The van der Waals surface area contributed by atoms with E-state index in [1.807, 2.05) is 61.5 Å². The molecule has 1 fully saturated rings. The van der Waals surface area contributed by atoms with E-state index in [0.29, 0.717) is 37.6 Å². The Balaban J connectivity index is 1.60. The van der Waals surface area contributed by atoms with E-state index < -0.39 is 10.0 Å². The first-order valence-electron chi connectivity index (χ1n) is 12.2. The van der Waals surface area contributed by atoms with Gasteiger partial charge in [0.2, 0.25) is 10.0 Å². The number of ether oxygens (including phenoxy) is 1. The van der Waals surface area contributed by atoms with Crippen molar-refractivity contribution in [3.8, 4) is 0 Å². The molecule has 1 aliphatic heterocycles. The van der Waals surface area contributed by atoms with Crippen LogP contribution < -0.4 is 4.90 Å². The Morgan fingerprint density at radius 2 is 1.58 bits per heavy atom. The van der Waals surface area contributed by atoms with Crippen LogP contribution in [-0.4, -0.2) is 38.4 Å². The maximum atomic E-state index is 13.7. The van der Waals surface area contributed by atoms with Gasteiger partial charge >= 0.3 is 5.97 Å². The molecular weight excluding hydrogens is 496 g/mol. The fraction of sp³-hybridized carbons (Fsp3) is 0.321. The number of esters is 1. The van der Waals surface area contributed by atoms with Gasteiger partial charge in [0.15, 0.2) is 0 Å². The SMILES string of the molecule is CCOC(=O)C1CCN(c2ccccc2CN(Cc2ccccc2)S(=O)(=O)c2ccc(Cl)cc2)CC1. The van der Waals surface area contributed by atoms with E-state index >= 15 is 0 Å². The van der Waals surface area contributed by atoms with Crippen LogP contribution in [0.2, 0.25) is 5.02 Å². The van der Waals surface area contributed by atoms with E-state index in [9.17, 15) is 13.2 Å². The molecule has 0 radical (unpaired) electrons. The van der Waals surface area contributed by atoms with Crippen LogP contribution in [0.15, 0.2) is 83.8 Å². The lowest BCUT2D eigenvalue weighted by Crippen LogP contribution is -2.38. The Bertz CT molecular complexity index is 1260. The Morgan fingerprint density at radius 3 is 2.25 bits per heavy atom. The first kappa shape index (κ1) is 26.2. The molecule has 0 bridgehead atoms. The number of nitrogens with zero attached hydrogens (tertiary/aromatic N) is 2. The molecule has 4 rings (SSSR count). The van der Waals surface area contributed by atoms with Gasteiger partial charge in [0.1, 0.15) is 0 Å². The molecule has 190 valence electrons. The molecule has 0 N–H and O–H groups in total. The Morgan fingerprint density at radius 1 is 0.944 bits per heavy atom. The first-order valence-corrected chi connectivity index (χ1v) is 14.0. The van der Waals surface area contributed by atoms with Crippen LogP contribution in [0.3, 0.4) is 0 Å². The van der Waals surface area contributed by atoms with Crippen molar-refractivity contribution in [1.82, 2.24) is 4.31 Å². The number of piperidine rings is 1. The predicted octanol–water partition coefficient (Wildman–Crippen LogP) is 5.51. The zero-order valence-corrected chi connectivity index (χ0v) is 21.9. The highest BCUT2D eigenvalue weighted by atomic mass is 35.5. The smallest absolute Gasteiger partial charge is 0.309 e. The van der Waals surface area contributed by atoms with Crippen molar-refractivity contribution in [3.63, 3.8) is 0 Å². The third kappa shape index (κ3) is 6.27.